The van der Waals surface area contributed by atoms with E-state index in [1.807, 2.05) is 0 Å². The van der Waals surface area contributed by atoms with Crippen LogP contribution in [0.25, 0.3) is 0 Å². The summed E-state index contributed by atoms with van der Waals surface area (Å²) in [7, 11) is -25.2. The molecule has 0 amide bonds. The zero-order chi connectivity index (χ0) is 34.0. The van der Waals surface area contributed by atoms with Gasteiger partial charge in [-0.2, -0.15) is 0 Å². The van der Waals surface area contributed by atoms with Gasteiger partial charge in [0.15, 0.2) is 0 Å². The van der Waals surface area contributed by atoms with Crippen LogP contribution in [0.2, 0.25) is 0 Å². The molecule has 246 valence electrons. The third-order valence-corrected chi connectivity index (χ3v) is 27.2. The fourth-order valence-corrected chi connectivity index (χ4v) is 25.8. The van der Waals surface area contributed by atoms with Gasteiger partial charge in [-0.3, -0.25) is 0 Å². The third-order valence-electron chi connectivity index (χ3n) is 5.97. The molecule has 0 bridgehead atoms. The molecule has 0 aliphatic heterocycles. The fourth-order valence-electron chi connectivity index (χ4n) is 3.70. The van der Waals surface area contributed by atoms with Gasteiger partial charge in [-0.25, -0.2) is 0 Å². The van der Waals surface area contributed by atoms with Crippen LogP contribution in [0, 0.1) is 7.14 Å². The maximum atomic E-state index is 14.2. The van der Waals surface area contributed by atoms with Crippen molar-refractivity contribution in [2.45, 2.75) is 70.3 Å². The number of alkyl halides is 10. The Kier molecular flexibility index (Phi) is 9.64. The summed E-state index contributed by atoms with van der Waals surface area (Å²) < 4.78 is 197. The van der Waals surface area contributed by atoms with Crippen LogP contribution in [-0.2, 0) is 40.3 Å². The molecule has 2 aromatic rings. The van der Waals surface area contributed by atoms with Crippen molar-refractivity contribution in [2.24, 2.45) is 0 Å². The molecule has 19 heteroatoms. The van der Waals surface area contributed by atoms with Gasteiger partial charge >= 0.3 is 251 Å². The van der Waals surface area contributed by atoms with E-state index in [2.05, 4.69) is 0 Å². The number of halogens is 10. The molecule has 0 fully saturated rings. The first-order valence-corrected chi connectivity index (χ1v) is 19.3. The van der Waals surface area contributed by atoms with E-state index in [1.165, 1.54) is 0 Å². The molecule has 0 N–H and O–H groups in total. The molecule has 6 nitrogen and oxygen atoms in total. The van der Waals surface area contributed by atoms with E-state index in [9.17, 15) is 64.8 Å². The molecule has 2 rings (SSSR count). The second kappa shape index (κ2) is 11.0. The topological polar surface area (TPSA) is 102 Å². The molecular formula is C24H26F9IO6S3. The molecule has 0 atom stereocenters. The summed E-state index contributed by atoms with van der Waals surface area (Å²) in [6, 6.07) is 6.71. The average molecular weight is 805 g/mol. The normalized spacial score (nSPS) is 15.4. The summed E-state index contributed by atoms with van der Waals surface area (Å²) in [4.78, 5) is 0. The van der Waals surface area contributed by atoms with Crippen molar-refractivity contribution < 1.29 is 64.8 Å². The van der Waals surface area contributed by atoms with Crippen molar-refractivity contribution in [3.8, 4) is 0 Å². The molecular weight excluding hydrogens is 778 g/mol. The first-order chi connectivity index (χ1) is 18.8. The van der Waals surface area contributed by atoms with Gasteiger partial charge in [-0.1, -0.05) is 0 Å². The minimum atomic E-state index is -8.40. The predicted molar refractivity (Wildman–Crippen MR) is 149 cm³/mol. The van der Waals surface area contributed by atoms with Crippen molar-refractivity contribution in [1.82, 2.24) is 0 Å². The summed E-state index contributed by atoms with van der Waals surface area (Å²) in [6.07, 6.45) is 0. The maximum absolute atomic E-state index is 14.2. The van der Waals surface area contributed by atoms with E-state index in [0.29, 0.717) is 35.4 Å². The van der Waals surface area contributed by atoms with Crippen LogP contribution in [0.15, 0.2) is 48.5 Å². The number of benzene rings is 2. The molecule has 0 heterocycles. The number of hydrogen-bond acceptors (Lipinski definition) is 6. The summed E-state index contributed by atoms with van der Waals surface area (Å²) in [5, 5.41) is 0. The van der Waals surface area contributed by atoms with Gasteiger partial charge in [0, 0.05) is 0 Å². The minimum absolute atomic E-state index is 0.303. The van der Waals surface area contributed by atoms with Gasteiger partial charge in [0.2, 0.25) is 0 Å². The Bertz CT molecular complexity index is 1500. The van der Waals surface area contributed by atoms with Crippen LogP contribution < -0.4 is 0 Å². The Balaban J connectivity index is 3.48. The molecule has 2 aromatic carbocycles. The molecule has 0 aliphatic carbocycles. The van der Waals surface area contributed by atoms with Crippen molar-refractivity contribution in [1.29, 1.82) is 0 Å². The average Bonchev–Trinajstić information content (AvgIpc) is 2.78. The molecule has 0 radical (unpaired) electrons. The van der Waals surface area contributed by atoms with Crippen LogP contribution >= 0.6 is 19.8 Å². The van der Waals surface area contributed by atoms with Gasteiger partial charge in [-0.15, -0.1) is 0 Å². The van der Waals surface area contributed by atoms with Gasteiger partial charge in [0.25, 0.3) is 0 Å². The van der Waals surface area contributed by atoms with Crippen molar-refractivity contribution in [2.75, 3.05) is 0 Å². The standard InChI is InChI=1S/C24H26F9IO6S3/c1-19(2,3)15-7-11-17(12-8-15)34(18-13-9-16(10-14-18)20(4,5)6)24(41(35,36)21(25,26)27,42(37,38)22(28,29)30)43(39,40)23(31,32)33/h7-14H,1-6H3. The second-order valence-corrected chi connectivity index (χ2v) is 26.1. The first kappa shape index (κ1) is 37.6. The van der Waals surface area contributed by atoms with Gasteiger partial charge in [0.1, 0.15) is 0 Å². The van der Waals surface area contributed by atoms with Crippen LogP contribution in [-0.4, -0.2) is 43.2 Å². The van der Waals surface area contributed by atoms with Gasteiger partial charge in [0.05, 0.1) is 0 Å². The molecule has 0 aromatic heterocycles. The van der Waals surface area contributed by atoms with Crippen LogP contribution in [0.1, 0.15) is 52.7 Å². The van der Waals surface area contributed by atoms with E-state index in [1.54, 1.807) is 41.5 Å². The summed E-state index contributed by atoms with van der Waals surface area (Å²) in [5.41, 5.74) is -22.6. The Morgan fingerprint density at radius 1 is 0.442 bits per heavy atom. The first-order valence-electron chi connectivity index (χ1n) is 11.6. The second-order valence-electron chi connectivity index (χ2n) is 11.1. The van der Waals surface area contributed by atoms with E-state index >= 15 is 0 Å². The predicted octanol–water partition coefficient (Wildman–Crippen LogP) is 7.24. The van der Waals surface area contributed by atoms with Crippen LogP contribution in [0.3, 0.4) is 0 Å². The number of sulfone groups is 3. The number of rotatable bonds is 6. The quantitative estimate of drug-likeness (QED) is 0.174. The fraction of sp³-hybridized carbons (Fsp3) is 0.500. The molecule has 0 spiro atoms. The van der Waals surface area contributed by atoms with Crippen molar-refractivity contribution in [3.63, 3.8) is 0 Å². The zero-order valence-electron chi connectivity index (χ0n) is 23.1. The Labute approximate surface area is 250 Å². The monoisotopic (exact) mass is 804 g/mol. The Morgan fingerprint density at radius 2 is 0.651 bits per heavy atom. The SMILES string of the molecule is CC(C)(C)c1ccc(I(c2ccc(C(C)(C)C)cc2)C(S(=O)(=O)C(F)(F)F)(S(=O)(=O)C(F)(F)F)S(=O)(=O)C(F)(F)F)cc1. The molecule has 0 aliphatic rings. The van der Waals surface area contributed by atoms with Crippen LogP contribution in [0.5, 0.6) is 0 Å². The summed E-state index contributed by atoms with van der Waals surface area (Å²) >= 11 is -6.23. The van der Waals surface area contributed by atoms with Crippen molar-refractivity contribution >= 4 is 49.3 Å². The zero-order valence-corrected chi connectivity index (χ0v) is 27.7. The molecule has 0 saturated heterocycles. The summed E-state index contributed by atoms with van der Waals surface area (Å²) in [5.74, 6) is 0. The van der Waals surface area contributed by atoms with Gasteiger partial charge in [-0.05, 0) is 0 Å². The Hall–Kier alpha value is -1.61. The van der Waals surface area contributed by atoms with E-state index in [-0.39, 0.29) is 0 Å². The van der Waals surface area contributed by atoms with Gasteiger partial charge < -0.3 is 0 Å². The molecule has 0 unspecified atom stereocenters. The van der Waals surface area contributed by atoms with Crippen molar-refractivity contribution in [3.05, 3.63) is 66.8 Å². The third kappa shape index (κ3) is 6.15. The number of hydrogen-bond donors (Lipinski definition) is 0. The van der Waals surface area contributed by atoms with E-state index < -0.39 is 85.2 Å². The Morgan fingerprint density at radius 3 is 0.814 bits per heavy atom. The van der Waals surface area contributed by atoms with E-state index in [4.69, 9.17) is 0 Å². The van der Waals surface area contributed by atoms with Crippen LogP contribution in [0.4, 0.5) is 39.5 Å². The molecule has 43 heavy (non-hydrogen) atoms. The summed E-state index contributed by atoms with van der Waals surface area (Å²) in [6.45, 7) is 9.61. The molecule has 0 saturated carbocycles. The van der Waals surface area contributed by atoms with E-state index in [0.717, 1.165) is 24.3 Å².